The van der Waals surface area contributed by atoms with Gasteiger partial charge in [-0.2, -0.15) is 0 Å². The second-order valence-corrected chi connectivity index (χ2v) is 4.22. The van der Waals surface area contributed by atoms with E-state index in [0.717, 1.165) is 0 Å². The lowest BCUT2D eigenvalue weighted by molar-refractivity contribution is 0.0844. The van der Waals surface area contributed by atoms with Crippen LogP contribution >= 0.6 is 0 Å². The SMILES string of the molecule is COc1ccc(C(=O)NNC(=O)c2cccnc2)c(OC)c1. The number of hydrogen-bond acceptors (Lipinski definition) is 5. The van der Waals surface area contributed by atoms with Gasteiger partial charge in [-0.1, -0.05) is 0 Å². The molecule has 2 N–H and O–H groups in total. The molecule has 2 aromatic rings. The van der Waals surface area contributed by atoms with Crippen LogP contribution in [0.3, 0.4) is 0 Å². The number of carbonyl (C=O) groups excluding carboxylic acids is 2. The number of pyridine rings is 1. The van der Waals surface area contributed by atoms with Crippen molar-refractivity contribution in [1.82, 2.24) is 15.8 Å². The van der Waals surface area contributed by atoms with Crippen LogP contribution in [0.15, 0.2) is 42.7 Å². The molecule has 1 heterocycles. The molecule has 0 bridgehead atoms. The van der Waals surface area contributed by atoms with Gasteiger partial charge in [-0.15, -0.1) is 0 Å². The summed E-state index contributed by atoms with van der Waals surface area (Å²) in [4.78, 5) is 27.7. The minimum Gasteiger partial charge on any atom is -0.497 e. The predicted octanol–water partition coefficient (Wildman–Crippen LogP) is 1.17. The van der Waals surface area contributed by atoms with Crippen molar-refractivity contribution < 1.29 is 19.1 Å². The van der Waals surface area contributed by atoms with E-state index in [1.807, 2.05) is 0 Å². The number of rotatable bonds is 4. The van der Waals surface area contributed by atoms with Crippen LogP contribution in [0.5, 0.6) is 11.5 Å². The summed E-state index contributed by atoms with van der Waals surface area (Å²) in [5.74, 6) is -0.0639. The second kappa shape index (κ2) is 7.07. The average Bonchev–Trinajstić information content (AvgIpc) is 2.59. The summed E-state index contributed by atoms with van der Waals surface area (Å²) in [5.41, 5.74) is 5.24. The number of carbonyl (C=O) groups is 2. The van der Waals surface area contributed by atoms with E-state index in [2.05, 4.69) is 15.8 Å². The minimum absolute atomic E-state index is 0.273. The van der Waals surface area contributed by atoms with Gasteiger partial charge in [0.1, 0.15) is 11.5 Å². The molecule has 0 fully saturated rings. The number of amides is 2. The van der Waals surface area contributed by atoms with Gasteiger partial charge in [0.15, 0.2) is 0 Å². The molecule has 0 radical (unpaired) electrons. The van der Waals surface area contributed by atoms with Crippen LogP contribution < -0.4 is 20.3 Å². The Kier molecular flexibility index (Phi) is 4.92. The molecule has 0 saturated heterocycles. The smallest absolute Gasteiger partial charge is 0.273 e. The molecule has 22 heavy (non-hydrogen) atoms. The molecule has 1 aromatic heterocycles. The van der Waals surface area contributed by atoms with Crippen molar-refractivity contribution in [3.05, 3.63) is 53.9 Å². The Hall–Kier alpha value is -3.09. The molecule has 7 nitrogen and oxygen atoms in total. The molecule has 0 aliphatic heterocycles. The second-order valence-electron chi connectivity index (χ2n) is 4.22. The Balaban J connectivity index is 2.05. The predicted molar refractivity (Wildman–Crippen MR) is 78.7 cm³/mol. The molecule has 2 amide bonds. The minimum atomic E-state index is -0.503. The molecule has 7 heteroatoms. The van der Waals surface area contributed by atoms with Gasteiger partial charge in [0.05, 0.1) is 25.3 Å². The number of hydrazine groups is 1. The van der Waals surface area contributed by atoms with Crippen molar-refractivity contribution in [2.75, 3.05) is 14.2 Å². The van der Waals surface area contributed by atoms with Crippen molar-refractivity contribution in [3.63, 3.8) is 0 Å². The van der Waals surface area contributed by atoms with Gasteiger partial charge in [0.2, 0.25) is 0 Å². The van der Waals surface area contributed by atoms with E-state index in [1.54, 1.807) is 36.5 Å². The summed E-state index contributed by atoms with van der Waals surface area (Å²) < 4.78 is 10.2. The lowest BCUT2D eigenvalue weighted by Gasteiger charge is -2.11. The number of benzene rings is 1. The molecule has 2 rings (SSSR count). The lowest BCUT2D eigenvalue weighted by Crippen LogP contribution is -2.41. The maximum absolute atomic E-state index is 12.1. The topological polar surface area (TPSA) is 89.6 Å². The van der Waals surface area contributed by atoms with Crippen molar-refractivity contribution >= 4 is 11.8 Å². The first-order valence-corrected chi connectivity index (χ1v) is 6.38. The Labute approximate surface area is 127 Å². The highest BCUT2D eigenvalue weighted by Crippen LogP contribution is 2.24. The first kappa shape index (κ1) is 15.3. The number of aromatic nitrogens is 1. The van der Waals surface area contributed by atoms with Gasteiger partial charge in [-0.05, 0) is 24.3 Å². The van der Waals surface area contributed by atoms with E-state index in [-0.39, 0.29) is 5.56 Å². The van der Waals surface area contributed by atoms with Crippen LogP contribution in [-0.2, 0) is 0 Å². The van der Waals surface area contributed by atoms with E-state index in [4.69, 9.17) is 9.47 Å². The molecule has 0 spiro atoms. The van der Waals surface area contributed by atoms with Gasteiger partial charge >= 0.3 is 0 Å². The number of ether oxygens (including phenoxy) is 2. The highest BCUT2D eigenvalue weighted by molar-refractivity contribution is 6.00. The number of nitrogens with one attached hydrogen (secondary N) is 2. The zero-order valence-corrected chi connectivity index (χ0v) is 12.1. The van der Waals surface area contributed by atoms with E-state index in [9.17, 15) is 9.59 Å². The third kappa shape index (κ3) is 3.51. The summed E-state index contributed by atoms with van der Waals surface area (Å²) in [6.45, 7) is 0. The normalized spacial score (nSPS) is 9.73. The van der Waals surface area contributed by atoms with Crippen molar-refractivity contribution in [2.24, 2.45) is 0 Å². The summed E-state index contributed by atoms with van der Waals surface area (Å²) in [5, 5.41) is 0. The molecule has 0 saturated carbocycles. The van der Waals surface area contributed by atoms with Crippen molar-refractivity contribution in [3.8, 4) is 11.5 Å². The quantitative estimate of drug-likeness (QED) is 0.828. The standard InChI is InChI=1S/C15H15N3O4/c1-21-11-5-6-12(13(8-11)22-2)15(20)18-17-14(19)10-4-3-7-16-9-10/h3-9H,1-2H3,(H,17,19)(H,18,20). The number of hydrogen-bond donors (Lipinski definition) is 2. The third-order valence-corrected chi connectivity index (χ3v) is 2.87. The summed E-state index contributed by atoms with van der Waals surface area (Å²) in [6, 6.07) is 7.97. The van der Waals surface area contributed by atoms with Crippen LogP contribution in [0.1, 0.15) is 20.7 Å². The fourth-order valence-corrected chi connectivity index (χ4v) is 1.74. The van der Waals surface area contributed by atoms with Crippen LogP contribution in [0.2, 0.25) is 0 Å². The lowest BCUT2D eigenvalue weighted by atomic mass is 10.2. The largest absolute Gasteiger partial charge is 0.497 e. The Morgan fingerprint density at radius 3 is 2.45 bits per heavy atom. The van der Waals surface area contributed by atoms with Crippen LogP contribution in [-0.4, -0.2) is 31.0 Å². The van der Waals surface area contributed by atoms with Crippen molar-refractivity contribution in [1.29, 1.82) is 0 Å². The summed E-state index contributed by atoms with van der Waals surface area (Å²) >= 11 is 0. The molecule has 0 unspecified atom stereocenters. The van der Waals surface area contributed by atoms with Gasteiger partial charge in [-0.3, -0.25) is 25.4 Å². The zero-order chi connectivity index (χ0) is 15.9. The first-order valence-electron chi connectivity index (χ1n) is 6.38. The number of methoxy groups -OCH3 is 2. The van der Waals surface area contributed by atoms with E-state index >= 15 is 0 Å². The monoisotopic (exact) mass is 301 g/mol. The zero-order valence-electron chi connectivity index (χ0n) is 12.1. The van der Waals surface area contributed by atoms with Gasteiger partial charge < -0.3 is 9.47 Å². The summed E-state index contributed by atoms with van der Waals surface area (Å²) in [6.07, 6.45) is 2.95. The summed E-state index contributed by atoms with van der Waals surface area (Å²) in [7, 11) is 2.96. The fourth-order valence-electron chi connectivity index (χ4n) is 1.74. The maximum atomic E-state index is 12.1. The molecule has 0 aliphatic rings. The van der Waals surface area contributed by atoms with E-state index in [1.165, 1.54) is 20.4 Å². The van der Waals surface area contributed by atoms with E-state index < -0.39 is 11.8 Å². The highest BCUT2D eigenvalue weighted by atomic mass is 16.5. The Morgan fingerprint density at radius 2 is 1.82 bits per heavy atom. The van der Waals surface area contributed by atoms with Gasteiger partial charge in [0.25, 0.3) is 11.8 Å². The van der Waals surface area contributed by atoms with Crippen LogP contribution in [0.25, 0.3) is 0 Å². The molecular weight excluding hydrogens is 286 g/mol. The molecule has 1 aromatic carbocycles. The van der Waals surface area contributed by atoms with Crippen LogP contribution in [0.4, 0.5) is 0 Å². The first-order chi connectivity index (χ1) is 10.7. The maximum Gasteiger partial charge on any atom is 0.273 e. The Morgan fingerprint density at radius 1 is 1.05 bits per heavy atom. The third-order valence-electron chi connectivity index (χ3n) is 2.87. The molecule has 0 atom stereocenters. The van der Waals surface area contributed by atoms with Gasteiger partial charge in [-0.25, -0.2) is 0 Å². The Bertz CT molecular complexity index is 674. The molecule has 0 aliphatic carbocycles. The average molecular weight is 301 g/mol. The highest BCUT2D eigenvalue weighted by Gasteiger charge is 2.14. The number of nitrogens with zero attached hydrogens (tertiary/aromatic N) is 1. The van der Waals surface area contributed by atoms with E-state index in [0.29, 0.717) is 17.1 Å². The van der Waals surface area contributed by atoms with Gasteiger partial charge in [0, 0.05) is 18.5 Å². The van der Waals surface area contributed by atoms with Crippen molar-refractivity contribution in [2.45, 2.75) is 0 Å². The van der Waals surface area contributed by atoms with Crippen LogP contribution in [0, 0.1) is 0 Å². The molecular formula is C15H15N3O4. The fraction of sp³-hybridized carbons (Fsp3) is 0.133. The molecule has 114 valence electrons.